The number of ether oxygens (including phenoxy) is 3. The zero-order chi connectivity index (χ0) is 16.8. The van der Waals surface area contributed by atoms with Crippen molar-refractivity contribution in [1.82, 2.24) is 4.90 Å². The normalized spacial score (nSPS) is 31.9. The van der Waals surface area contributed by atoms with Crippen molar-refractivity contribution in [3.63, 3.8) is 0 Å². The molecule has 6 nitrogen and oxygen atoms in total. The lowest BCUT2D eigenvalue weighted by Crippen LogP contribution is -2.47. The molecule has 3 unspecified atom stereocenters. The Morgan fingerprint density at radius 2 is 2.04 bits per heavy atom. The van der Waals surface area contributed by atoms with Gasteiger partial charge < -0.3 is 24.4 Å². The summed E-state index contributed by atoms with van der Waals surface area (Å²) in [7, 11) is 3.72. The standard InChI is InChI=1S/C18H23NO5/c1-19-4-3-10-5-13(21)18(22-2)16(17(10)19)12-7-15-14(23-9-24-15)6-11(12)8-20/h5-7,13,16-18,20-21H,3-4,8-9H2,1-2H3/t13?,16?,17-,18?/m0/s1. The molecule has 2 aliphatic heterocycles. The topological polar surface area (TPSA) is 71.4 Å². The lowest BCUT2D eigenvalue weighted by atomic mass is 9.75. The summed E-state index contributed by atoms with van der Waals surface area (Å²) < 4.78 is 16.6. The van der Waals surface area contributed by atoms with Crippen LogP contribution in [0.15, 0.2) is 23.8 Å². The van der Waals surface area contributed by atoms with E-state index < -0.39 is 6.10 Å². The second-order valence-electron chi connectivity index (χ2n) is 6.70. The molecular formula is C18H23NO5. The zero-order valence-corrected chi connectivity index (χ0v) is 13.9. The first-order chi connectivity index (χ1) is 11.6. The van der Waals surface area contributed by atoms with E-state index in [9.17, 15) is 10.2 Å². The molecule has 0 spiro atoms. The average molecular weight is 333 g/mol. The van der Waals surface area contributed by atoms with E-state index in [0.717, 1.165) is 24.1 Å². The molecular weight excluding hydrogens is 310 g/mol. The molecule has 0 bridgehead atoms. The zero-order valence-electron chi connectivity index (χ0n) is 13.9. The molecule has 1 aliphatic carbocycles. The lowest BCUT2D eigenvalue weighted by Gasteiger charge is -2.41. The van der Waals surface area contributed by atoms with Crippen molar-refractivity contribution in [2.45, 2.75) is 37.2 Å². The largest absolute Gasteiger partial charge is 0.454 e. The highest BCUT2D eigenvalue weighted by atomic mass is 16.7. The predicted octanol–water partition coefficient (Wildman–Crippen LogP) is 1.01. The molecule has 24 heavy (non-hydrogen) atoms. The van der Waals surface area contributed by atoms with Crippen molar-refractivity contribution in [2.75, 3.05) is 27.5 Å². The van der Waals surface area contributed by atoms with E-state index in [1.165, 1.54) is 5.57 Å². The first-order valence-electron chi connectivity index (χ1n) is 8.29. The van der Waals surface area contributed by atoms with Gasteiger partial charge in [0.1, 0.15) is 0 Å². The highest BCUT2D eigenvalue weighted by Gasteiger charge is 2.46. The predicted molar refractivity (Wildman–Crippen MR) is 87.2 cm³/mol. The van der Waals surface area contributed by atoms with Crippen LogP contribution in [0.2, 0.25) is 0 Å². The van der Waals surface area contributed by atoms with Crippen LogP contribution in [0.4, 0.5) is 0 Å². The van der Waals surface area contributed by atoms with Crippen LogP contribution in [0.1, 0.15) is 23.5 Å². The smallest absolute Gasteiger partial charge is 0.231 e. The van der Waals surface area contributed by atoms with Crippen LogP contribution in [0.5, 0.6) is 11.5 Å². The second-order valence-corrected chi connectivity index (χ2v) is 6.70. The molecule has 0 amide bonds. The van der Waals surface area contributed by atoms with Crippen LogP contribution in [0.25, 0.3) is 0 Å². The Balaban J connectivity index is 1.85. The summed E-state index contributed by atoms with van der Waals surface area (Å²) in [4.78, 5) is 2.29. The number of rotatable bonds is 3. The molecule has 4 rings (SSSR count). The monoisotopic (exact) mass is 333 g/mol. The Morgan fingerprint density at radius 1 is 1.29 bits per heavy atom. The maximum Gasteiger partial charge on any atom is 0.231 e. The summed E-state index contributed by atoms with van der Waals surface area (Å²) in [6.45, 7) is 1.05. The van der Waals surface area contributed by atoms with Gasteiger partial charge in [-0.25, -0.2) is 0 Å². The Hall–Kier alpha value is -1.60. The molecule has 4 atom stereocenters. The van der Waals surface area contributed by atoms with Gasteiger partial charge in [0.2, 0.25) is 6.79 Å². The fourth-order valence-corrected chi connectivity index (χ4v) is 4.35. The molecule has 2 heterocycles. The van der Waals surface area contributed by atoms with Crippen molar-refractivity contribution in [2.24, 2.45) is 0 Å². The molecule has 0 saturated carbocycles. The summed E-state index contributed by atoms with van der Waals surface area (Å²) in [5.41, 5.74) is 2.99. The molecule has 0 aromatic heterocycles. The Morgan fingerprint density at radius 3 is 2.75 bits per heavy atom. The van der Waals surface area contributed by atoms with Gasteiger partial charge >= 0.3 is 0 Å². The number of hydrogen-bond donors (Lipinski definition) is 2. The van der Waals surface area contributed by atoms with E-state index in [1.807, 2.05) is 18.2 Å². The Bertz CT molecular complexity index is 674. The van der Waals surface area contributed by atoms with E-state index in [0.29, 0.717) is 11.5 Å². The fourth-order valence-electron chi connectivity index (χ4n) is 4.35. The maximum atomic E-state index is 10.6. The SMILES string of the molecule is COC1C(O)C=C2CCN(C)[C@@H]2C1c1cc2c(cc1CO)OCO2. The van der Waals surface area contributed by atoms with Crippen molar-refractivity contribution in [3.8, 4) is 11.5 Å². The number of likely N-dealkylation sites (N-methyl/N-ethyl adjacent to an activating group) is 1. The van der Waals surface area contributed by atoms with Crippen molar-refractivity contribution in [1.29, 1.82) is 0 Å². The maximum absolute atomic E-state index is 10.6. The van der Waals surface area contributed by atoms with Gasteiger partial charge in [0.25, 0.3) is 0 Å². The van der Waals surface area contributed by atoms with Gasteiger partial charge in [0.15, 0.2) is 11.5 Å². The van der Waals surface area contributed by atoms with E-state index in [-0.39, 0.29) is 31.5 Å². The third-order valence-corrected chi connectivity index (χ3v) is 5.46. The van der Waals surface area contributed by atoms with Gasteiger partial charge in [-0.05, 0) is 36.7 Å². The third-order valence-electron chi connectivity index (χ3n) is 5.46. The molecule has 1 aromatic rings. The second kappa shape index (κ2) is 6.04. The Kier molecular flexibility index (Phi) is 4.00. The fraction of sp³-hybridized carbons (Fsp3) is 0.556. The van der Waals surface area contributed by atoms with Gasteiger partial charge in [-0.15, -0.1) is 0 Å². The molecule has 2 N–H and O–H groups in total. The first-order valence-corrected chi connectivity index (χ1v) is 8.29. The van der Waals surface area contributed by atoms with Gasteiger partial charge in [0.05, 0.1) is 18.8 Å². The number of aliphatic hydroxyl groups is 2. The van der Waals surface area contributed by atoms with Crippen LogP contribution >= 0.6 is 0 Å². The van der Waals surface area contributed by atoms with Crippen LogP contribution < -0.4 is 9.47 Å². The Labute approximate surface area is 141 Å². The van der Waals surface area contributed by atoms with Gasteiger partial charge in [-0.1, -0.05) is 11.6 Å². The van der Waals surface area contributed by atoms with Gasteiger partial charge in [-0.3, -0.25) is 4.90 Å². The van der Waals surface area contributed by atoms with Crippen molar-refractivity contribution in [3.05, 3.63) is 34.9 Å². The number of nitrogens with zero attached hydrogens (tertiary/aromatic N) is 1. The highest BCUT2D eigenvalue weighted by Crippen LogP contribution is 2.46. The van der Waals surface area contributed by atoms with Gasteiger partial charge in [-0.2, -0.15) is 0 Å². The summed E-state index contributed by atoms with van der Waals surface area (Å²) in [6.07, 6.45) is 1.86. The minimum absolute atomic E-state index is 0.0749. The summed E-state index contributed by atoms with van der Waals surface area (Å²) in [6, 6.07) is 3.93. The number of benzene rings is 1. The molecule has 0 radical (unpaired) electrons. The van der Waals surface area contributed by atoms with Crippen LogP contribution in [-0.4, -0.2) is 60.9 Å². The number of fused-ring (bicyclic) bond motifs is 2. The minimum Gasteiger partial charge on any atom is -0.454 e. The number of likely N-dealkylation sites (tertiary alicyclic amines) is 1. The van der Waals surface area contributed by atoms with E-state index in [2.05, 4.69) is 11.9 Å². The molecule has 1 aromatic carbocycles. The number of methoxy groups -OCH3 is 1. The quantitative estimate of drug-likeness (QED) is 0.805. The number of aliphatic hydroxyl groups excluding tert-OH is 2. The summed E-state index contributed by atoms with van der Waals surface area (Å²) >= 11 is 0. The minimum atomic E-state index is -0.658. The molecule has 3 aliphatic rings. The first kappa shape index (κ1) is 15.9. The lowest BCUT2D eigenvalue weighted by molar-refractivity contribution is -0.0242. The van der Waals surface area contributed by atoms with Crippen LogP contribution in [-0.2, 0) is 11.3 Å². The molecule has 6 heteroatoms. The summed E-state index contributed by atoms with van der Waals surface area (Å²) in [5, 5.41) is 20.4. The van der Waals surface area contributed by atoms with Crippen LogP contribution in [0, 0.1) is 0 Å². The average Bonchev–Trinajstić information content (AvgIpc) is 3.18. The summed E-state index contributed by atoms with van der Waals surface area (Å²) in [5.74, 6) is 1.26. The number of hydrogen-bond acceptors (Lipinski definition) is 6. The highest BCUT2D eigenvalue weighted by molar-refractivity contribution is 5.51. The third kappa shape index (κ3) is 2.33. The van der Waals surface area contributed by atoms with E-state index in [4.69, 9.17) is 14.2 Å². The van der Waals surface area contributed by atoms with E-state index >= 15 is 0 Å². The molecule has 1 saturated heterocycles. The van der Waals surface area contributed by atoms with Gasteiger partial charge in [0, 0.05) is 25.6 Å². The van der Waals surface area contributed by atoms with E-state index in [1.54, 1.807) is 7.11 Å². The van der Waals surface area contributed by atoms with Crippen molar-refractivity contribution < 1.29 is 24.4 Å². The molecule has 1 fully saturated rings. The van der Waals surface area contributed by atoms with Crippen molar-refractivity contribution >= 4 is 0 Å². The molecule has 130 valence electrons. The van der Waals surface area contributed by atoms with Crippen LogP contribution in [0.3, 0.4) is 0 Å².